The van der Waals surface area contributed by atoms with Crippen molar-refractivity contribution in [2.24, 2.45) is 0 Å². The monoisotopic (exact) mass is 337 g/mol. The Bertz CT molecular complexity index is 661. The lowest BCUT2D eigenvalue weighted by atomic mass is 10.2. The largest absolute Gasteiger partial charge is 0.454 e. The van der Waals surface area contributed by atoms with E-state index >= 15 is 0 Å². The third kappa shape index (κ3) is 2.58. The van der Waals surface area contributed by atoms with Crippen LogP contribution < -0.4 is 14.8 Å². The van der Waals surface area contributed by atoms with Crippen molar-refractivity contribution in [3.8, 4) is 11.5 Å². The van der Waals surface area contributed by atoms with Crippen molar-refractivity contribution >= 4 is 21.6 Å². The Morgan fingerprint density at radius 1 is 1.25 bits per heavy atom. The molecule has 20 heavy (non-hydrogen) atoms. The Kier molecular flexibility index (Phi) is 3.53. The van der Waals surface area contributed by atoms with Gasteiger partial charge in [0, 0.05) is 12.2 Å². The maximum absolute atomic E-state index is 13.5. The lowest BCUT2D eigenvalue weighted by Crippen LogP contribution is -2.00. The number of nitrogens with one attached hydrogen (secondary N) is 1. The highest BCUT2D eigenvalue weighted by molar-refractivity contribution is 9.10. The smallest absolute Gasteiger partial charge is 0.231 e. The molecule has 5 heteroatoms. The summed E-state index contributed by atoms with van der Waals surface area (Å²) in [7, 11) is 0. The second kappa shape index (κ2) is 5.32. The molecule has 0 unspecified atom stereocenters. The van der Waals surface area contributed by atoms with Gasteiger partial charge in [0.15, 0.2) is 11.5 Å². The molecule has 0 aliphatic carbocycles. The maximum Gasteiger partial charge on any atom is 0.231 e. The van der Waals surface area contributed by atoms with Crippen LogP contribution in [0.3, 0.4) is 0 Å². The molecule has 0 amide bonds. The van der Waals surface area contributed by atoms with E-state index in [9.17, 15) is 4.39 Å². The molecule has 0 atom stereocenters. The average molecular weight is 338 g/mol. The number of ether oxygens (including phenoxy) is 2. The Balaban J connectivity index is 1.75. The molecule has 1 heterocycles. The minimum atomic E-state index is -0.207. The van der Waals surface area contributed by atoms with Crippen LogP contribution in [0.25, 0.3) is 0 Å². The Morgan fingerprint density at radius 3 is 2.90 bits per heavy atom. The van der Waals surface area contributed by atoms with E-state index in [0.717, 1.165) is 27.2 Å². The van der Waals surface area contributed by atoms with Gasteiger partial charge in [0.25, 0.3) is 0 Å². The lowest BCUT2D eigenvalue weighted by molar-refractivity contribution is 0.173. The van der Waals surface area contributed by atoms with E-state index in [1.807, 2.05) is 18.2 Å². The van der Waals surface area contributed by atoms with Crippen LogP contribution in [0.5, 0.6) is 11.5 Å². The predicted molar refractivity (Wildman–Crippen MR) is 78.7 cm³/mol. The topological polar surface area (TPSA) is 30.5 Å². The van der Waals surface area contributed by atoms with Crippen LogP contribution in [0.1, 0.15) is 11.1 Å². The highest BCUT2D eigenvalue weighted by atomic mass is 79.9. The summed E-state index contributed by atoms with van der Waals surface area (Å²) in [6, 6.07) is 9.00. The van der Waals surface area contributed by atoms with Crippen molar-refractivity contribution in [2.75, 3.05) is 12.1 Å². The molecular weight excluding hydrogens is 325 g/mol. The van der Waals surface area contributed by atoms with Crippen LogP contribution >= 0.6 is 15.9 Å². The zero-order chi connectivity index (χ0) is 14.1. The molecule has 1 N–H and O–H groups in total. The average Bonchev–Trinajstić information content (AvgIpc) is 2.89. The SMILES string of the molecule is Cc1ccc(NCc2cc(Br)c3c(c2)OCO3)cc1F. The number of hydrogen-bond acceptors (Lipinski definition) is 3. The molecular formula is C15H13BrFNO2. The second-order valence-electron chi connectivity index (χ2n) is 4.63. The van der Waals surface area contributed by atoms with Gasteiger partial charge in [-0.3, -0.25) is 0 Å². The van der Waals surface area contributed by atoms with Gasteiger partial charge in [0.05, 0.1) is 4.47 Å². The molecule has 0 saturated heterocycles. The summed E-state index contributed by atoms with van der Waals surface area (Å²) >= 11 is 3.45. The highest BCUT2D eigenvalue weighted by Gasteiger charge is 2.17. The Labute approximate surface area is 124 Å². The van der Waals surface area contributed by atoms with Crippen LogP contribution in [0.4, 0.5) is 10.1 Å². The number of fused-ring (bicyclic) bond motifs is 1. The Hall–Kier alpha value is -1.75. The molecule has 0 bridgehead atoms. The van der Waals surface area contributed by atoms with Gasteiger partial charge < -0.3 is 14.8 Å². The summed E-state index contributed by atoms with van der Waals surface area (Å²) in [4.78, 5) is 0. The zero-order valence-electron chi connectivity index (χ0n) is 10.9. The number of aryl methyl sites for hydroxylation is 1. The lowest BCUT2D eigenvalue weighted by Gasteiger charge is -2.09. The third-order valence-electron chi connectivity index (χ3n) is 3.16. The number of halogens is 2. The van der Waals surface area contributed by atoms with E-state index in [1.54, 1.807) is 13.0 Å². The molecule has 2 aromatic carbocycles. The van der Waals surface area contributed by atoms with E-state index in [0.29, 0.717) is 12.1 Å². The van der Waals surface area contributed by atoms with Gasteiger partial charge in [-0.1, -0.05) is 6.07 Å². The van der Waals surface area contributed by atoms with Crippen LogP contribution in [-0.2, 0) is 6.54 Å². The van der Waals surface area contributed by atoms with Crippen molar-refractivity contribution in [3.63, 3.8) is 0 Å². The van der Waals surface area contributed by atoms with E-state index in [2.05, 4.69) is 21.2 Å². The molecule has 0 saturated carbocycles. The van der Waals surface area contributed by atoms with Gasteiger partial charge in [0.1, 0.15) is 5.82 Å². The molecule has 3 rings (SSSR count). The van der Waals surface area contributed by atoms with Crippen molar-refractivity contribution in [2.45, 2.75) is 13.5 Å². The highest BCUT2D eigenvalue weighted by Crippen LogP contribution is 2.40. The molecule has 1 aliphatic rings. The van der Waals surface area contributed by atoms with Crippen LogP contribution in [0.15, 0.2) is 34.8 Å². The van der Waals surface area contributed by atoms with E-state index in [4.69, 9.17) is 9.47 Å². The standard InChI is InChI=1S/C15H13BrFNO2/c1-9-2-3-11(6-13(9)17)18-7-10-4-12(16)15-14(5-10)19-8-20-15/h2-6,18H,7-8H2,1H3. The first-order valence-electron chi connectivity index (χ1n) is 6.21. The summed E-state index contributed by atoms with van der Waals surface area (Å²) in [5, 5.41) is 3.19. The molecule has 0 radical (unpaired) electrons. The van der Waals surface area contributed by atoms with Crippen LogP contribution in [0, 0.1) is 12.7 Å². The van der Waals surface area contributed by atoms with E-state index in [-0.39, 0.29) is 12.6 Å². The van der Waals surface area contributed by atoms with Gasteiger partial charge in [-0.05, 0) is 58.2 Å². The van der Waals surface area contributed by atoms with E-state index < -0.39 is 0 Å². The number of anilines is 1. The fraction of sp³-hybridized carbons (Fsp3) is 0.200. The summed E-state index contributed by atoms with van der Waals surface area (Å²) in [5.74, 6) is 1.25. The molecule has 0 fully saturated rings. The fourth-order valence-corrected chi connectivity index (χ4v) is 2.63. The maximum atomic E-state index is 13.5. The van der Waals surface area contributed by atoms with E-state index in [1.165, 1.54) is 6.07 Å². The van der Waals surface area contributed by atoms with Crippen molar-refractivity contribution in [3.05, 3.63) is 51.7 Å². The van der Waals surface area contributed by atoms with Crippen molar-refractivity contribution in [1.29, 1.82) is 0 Å². The van der Waals surface area contributed by atoms with Gasteiger partial charge in [-0.15, -0.1) is 0 Å². The summed E-state index contributed by atoms with van der Waals surface area (Å²) in [6.07, 6.45) is 0. The number of rotatable bonds is 3. The Morgan fingerprint density at radius 2 is 2.10 bits per heavy atom. The summed E-state index contributed by atoms with van der Waals surface area (Å²) in [6.45, 7) is 2.57. The first-order valence-corrected chi connectivity index (χ1v) is 7.01. The first kappa shape index (κ1) is 13.2. The zero-order valence-corrected chi connectivity index (χ0v) is 12.5. The minimum absolute atomic E-state index is 0.207. The van der Waals surface area contributed by atoms with Crippen molar-refractivity contribution < 1.29 is 13.9 Å². The van der Waals surface area contributed by atoms with Crippen LogP contribution in [-0.4, -0.2) is 6.79 Å². The molecule has 3 nitrogen and oxygen atoms in total. The normalized spacial score (nSPS) is 12.6. The predicted octanol–water partition coefficient (Wildman–Crippen LogP) is 4.24. The van der Waals surface area contributed by atoms with Crippen LogP contribution in [0.2, 0.25) is 0 Å². The molecule has 0 aromatic heterocycles. The van der Waals surface area contributed by atoms with Gasteiger partial charge in [-0.2, -0.15) is 0 Å². The summed E-state index contributed by atoms with van der Waals surface area (Å²) in [5.41, 5.74) is 2.42. The fourth-order valence-electron chi connectivity index (χ4n) is 2.03. The molecule has 104 valence electrons. The van der Waals surface area contributed by atoms with Gasteiger partial charge >= 0.3 is 0 Å². The molecule has 2 aromatic rings. The second-order valence-corrected chi connectivity index (χ2v) is 5.48. The van der Waals surface area contributed by atoms with Gasteiger partial charge in [-0.25, -0.2) is 4.39 Å². The minimum Gasteiger partial charge on any atom is -0.454 e. The quantitative estimate of drug-likeness (QED) is 0.908. The molecule has 0 spiro atoms. The number of benzene rings is 2. The van der Waals surface area contributed by atoms with Crippen molar-refractivity contribution in [1.82, 2.24) is 0 Å². The van der Waals surface area contributed by atoms with Gasteiger partial charge in [0.2, 0.25) is 6.79 Å². The number of hydrogen-bond donors (Lipinski definition) is 1. The first-order chi connectivity index (χ1) is 9.63. The molecule has 1 aliphatic heterocycles. The third-order valence-corrected chi connectivity index (χ3v) is 3.74. The summed E-state index contributed by atoms with van der Waals surface area (Å²) < 4.78 is 25.0.